The number of carbonyl (C=O) groups is 1. The average molecular weight is 339 g/mol. The maximum Gasteiger partial charge on any atom is 0.254 e. The Balaban J connectivity index is 2.28. The van der Waals surface area contributed by atoms with Gasteiger partial charge in [-0.25, -0.2) is 8.42 Å². The molecule has 7 heteroatoms. The number of benzene rings is 1. The zero-order valence-electron chi connectivity index (χ0n) is 13.9. The number of nitrogens with one attached hydrogen (secondary N) is 2. The molecule has 1 saturated heterocycles. The van der Waals surface area contributed by atoms with Gasteiger partial charge in [0.2, 0.25) is 10.0 Å². The summed E-state index contributed by atoms with van der Waals surface area (Å²) >= 11 is 0. The normalized spacial score (nSPS) is 18.0. The first kappa shape index (κ1) is 17.7. The number of aryl methyl sites for hydroxylation is 1. The standard InChI is InChI=1S/C16H25N3O3S/c1-4-9-19(14-7-8-17-11-14)16(20)13-6-5-12(2)15(10-13)18-23(3,21)22/h5-6,10,14,17-18H,4,7-9,11H2,1-3H3. The summed E-state index contributed by atoms with van der Waals surface area (Å²) in [6.07, 6.45) is 2.95. The molecule has 1 aromatic carbocycles. The van der Waals surface area contributed by atoms with Crippen LogP contribution in [0.4, 0.5) is 5.69 Å². The van der Waals surface area contributed by atoms with E-state index in [0.717, 1.165) is 37.8 Å². The second-order valence-electron chi connectivity index (χ2n) is 6.05. The van der Waals surface area contributed by atoms with Crippen LogP contribution in [0.25, 0.3) is 0 Å². The predicted molar refractivity (Wildman–Crippen MR) is 92.2 cm³/mol. The lowest BCUT2D eigenvalue weighted by molar-refractivity contribution is 0.0692. The van der Waals surface area contributed by atoms with Crippen LogP contribution in [0, 0.1) is 6.92 Å². The van der Waals surface area contributed by atoms with Gasteiger partial charge in [-0.3, -0.25) is 9.52 Å². The van der Waals surface area contributed by atoms with Gasteiger partial charge in [-0.15, -0.1) is 0 Å². The van der Waals surface area contributed by atoms with Crippen LogP contribution < -0.4 is 10.0 Å². The number of hydrogen-bond donors (Lipinski definition) is 2. The molecule has 0 aromatic heterocycles. The minimum Gasteiger partial charge on any atom is -0.334 e. The van der Waals surface area contributed by atoms with Gasteiger partial charge in [-0.2, -0.15) is 0 Å². The van der Waals surface area contributed by atoms with E-state index in [4.69, 9.17) is 0 Å². The molecule has 0 aliphatic carbocycles. The topological polar surface area (TPSA) is 78.5 Å². The molecule has 0 radical (unpaired) electrons. The first-order chi connectivity index (χ1) is 10.8. The van der Waals surface area contributed by atoms with Crippen LogP contribution >= 0.6 is 0 Å². The Morgan fingerprint density at radius 3 is 2.74 bits per heavy atom. The molecule has 2 rings (SSSR count). The average Bonchev–Trinajstić information content (AvgIpc) is 2.99. The van der Waals surface area contributed by atoms with Crippen LogP contribution in [0.1, 0.15) is 35.7 Å². The fraction of sp³-hybridized carbons (Fsp3) is 0.562. The highest BCUT2D eigenvalue weighted by molar-refractivity contribution is 7.92. The monoisotopic (exact) mass is 339 g/mol. The molecular weight excluding hydrogens is 314 g/mol. The molecule has 1 unspecified atom stereocenters. The Labute approximate surface area is 138 Å². The summed E-state index contributed by atoms with van der Waals surface area (Å²) in [5.41, 5.74) is 1.76. The summed E-state index contributed by atoms with van der Waals surface area (Å²) in [6.45, 7) is 6.30. The van der Waals surface area contributed by atoms with E-state index in [1.807, 2.05) is 11.8 Å². The molecule has 1 aliphatic heterocycles. The number of anilines is 1. The van der Waals surface area contributed by atoms with Crippen LogP contribution in [0.15, 0.2) is 18.2 Å². The Morgan fingerprint density at radius 1 is 1.43 bits per heavy atom. The molecule has 1 aliphatic rings. The lowest BCUT2D eigenvalue weighted by Crippen LogP contribution is -2.42. The zero-order chi connectivity index (χ0) is 17.0. The fourth-order valence-electron chi connectivity index (χ4n) is 2.83. The van der Waals surface area contributed by atoms with E-state index < -0.39 is 10.0 Å². The van der Waals surface area contributed by atoms with E-state index in [9.17, 15) is 13.2 Å². The SMILES string of the molecule is CCCN(C(=O)c1ccc(C)c(NS(C)(=O)=O)c1)C1CCNC1. The van der Waals surface area contributed by atoms with Gasteiger partial charge < -0.3 is 10.2 Å². The van der Waals surface area contributed by atoms with Crippen molar-refractivity contribution < 1.29 is 13.2 Å². The molecular formula is C16H25N3O3S. The lowest BCUT2D eigenvalue weighted by atomic mass is 10.1. The second-order valence-corrected chi connectivity index (χ2v) is 7.80. The van der Waals surface area contributed by atoms with Gasteiger partial charge in [0.05, 0.1) is 11.9 Å². The van der Waals surface area contributed by atoms with Crippen LogP contribution in [0.3, 0.4) is 0 Å². The van der Waals surface area contributed by atoms with E-state index in [2.05, 4.69) is 17.0 Å². The van der Waals surface area contributed by atoms with Crippen molar-refractivity contribution in [1.82, 2.24) is 10.2 Å². The van der Waals surface area contributed by atoms with E-state index in [-0.39, 0.29) is 11.9 Å². The Morgan fingerprint density at radius 2 is 2.17 bits per heavy atom. The molecule has 2 N–H and O–H groups in total. The van der Waals surface area contributed by atoms with E-state index >= 15 is 0 Å². The molecule has 1 fully saturated rings. The molecule has 0 bridgehead atoms. The summed E-state index contributed by atoms with van der Waals surface area (Å²) in [5, 5.41) is 3.28. The molecule has 0 saturated carbocycles. The predicted octanol–water partition coefficient (Wildman–Crippen LogP) is 1.58. The molecule has 128 valence electrons. The minimum atomic E-state index is -3.37. The van der Waals surface area contributed by atoms with Gasteiger partial charge in [0, 0.05) is 24.7 Å². The Bertz CT molecular complexity index is 667. The van der Waals surface area contributed by atoms with Crippen molar-refractivity contribution in [2.24, 2.45) is 0 Å². The van der Waals surface area contributed by atoms with Gasteiger partial charge in [-0.1, -0.05) is 13.0 Å². The molecule has 1 aromatic rings. The molecule has 1 atom stereocenters. The highest BCUT2D eigenvalue weighted by Gasteiger charge is 2.27. The van der Waals surface area contributed by atoms with Crippen molar-refractivity contribution in [3.05, 3.63) is 29.3 Å². The summed E-state index contributed by atoms with van der Waals surface area (Å²) in [6, 6.07) is 5.37. The van der Waals surface area contributed by atoms with Crippen molar-refractivity contribution in [2.75, 3.05) is 30.6 Å². The van der Waals surface area contributed by atoms with Crippen LogP contribution in [-0.2, 0) is 10.0 Å². The fourth-order valence-corrected chi connectivity index (χ4v) is 3.45. The van der Waals surface area contributed by atoms with E-state index in [0.29, 0.717) is 17.8 Å². The molecule has 1 heterocycles. The van der Waals surface area contributed by atoms with Crippen molar-refractivity contribution in [3.8, 4) is 0 Å². The van der Waals surface area contributed by atoms with Gasteiger partial charge in [-0.05, 0) is 44.0 Å². The molecule has 1 amide bonds. The quantitative estimate of drug-likeness (QED) is 0.825. The van der Waals surface area contributed by atoms with Gasteiger partial charge >= 0.3 is 0 Å². The van der Waals surface area contributed by atoms with Crippen molar-refractivity contribution in [3.63, 3.8) is 0 Å². The van der Waals surface area contributed by atoms with Gasteiger partial charge in [0.1, 0.15) is 0 Å². The summed E-state index contributed by atoms with van der Waals surface area (Å²) in [7, 11) is -3.37. The summed E-state index contributed by atoms with van der Waals surface area (Å²) in [5.74, 6) is -0.0444. The van der Waals surface area contributed by atoms with Gasteiger partial charge in [0.25, 0.3) is 5.91 Å². The Kier molecular flexibility index (Phi) is 5.64. The number of sulfonamides is 1. The van der Waals surface area contributed by atoms with Gasteiger partial charge in [0.15, 0.2) is 0 Å². The van der Waals surface area contributed by atoms with Crippen molar-refractivity contribution in [2.45, 2.75) is 32.7 Å². The number of carbonyl (C=O) groups excluding carboxylic acids is 1. The van der Waals surface area contributed by atoms with Crippen LogP contribution in [0.5, 0.6) is 0 Å². The Hall–Kier alpha value is -1.60. The largest absolute Gasteiger partial charge is 0.334 e. The third-order valence-corrected chi connectivity index (χ3v) is 4.57. The third-order valence-electron chi connectivity index (χ3n) is 3.98. The number of hydrogen-bond acceptors (Lipinski definition) is 4. The lowest BCUT2D eigenvalue weighted by Gasteiger charge is -2.28. The van der Waals surface area contributed by atoms with Crippen molar-refractivity contribution >= 4 is 21.6 Å². The first-order valence-electron chi connectivity index (χ1n) is 7.92. The number of nitrogens with zero attached hydrogens (tertiary/aromatic N) is 1. The smallest absolute Gasteiger partial charge is 0.254 e. The highest BCUT2D eigenvalue weighted by atomic mass is 32.2. The summed E-state index contributed by atoms with van der Waals surface area (Å²) in [4.78, 5) is 14.8. The van der Waals surface area contributed by atoms with E-state index in [1.165, 1.54) is 0 Å². The molecule has 6 nitrogen and oxygen atoms in total. The zero-order valence-corrected chi connectivity index (χ0v) is 14.7. The van der Waals surface area contributed by atoms with Crippen LogP contribution in [0.2, 0.25) is 0 Å². The minimum absolute atomic E-state index is 0.0444. The maximum atomic E-state index is 12.9. The van der Waals surface area contributed by atoms with Crippen molar-refractivity contribution in [1.29, 1.82) is 0 Å². The third kappa shape index (κ3) is 4.68. The first-order valence-corrected chi connectivity index (χ1v) is 9.81. The highest BCUT2D eigenvalue weighted by Crippen LogP contribution is 2.21. The maximum absolute atomic E-state index is 12.9. The molecule has 0 spiro atoms. The number of amides is 1. The molecule has 23 heavy (non-hydrogen) atoms. The second kappa shape index (κ2) is 7.31. The van der Waals surface area contributed by atoms with E-state index in [1.54, 1.807) is 18.2 Å². The van der Waals surface area contributed by atoms with Crippen LogP contribution in [-0.4, -0.2) is 51.2 Å². The summed E-state index contributed by atoms with van der Waals surface area (Å²) < 4.78 is 25.4. The number of rotatable bonds is 6.